The van der Waals surface area contributed by atoms with Gasteiger partial charge in [-0.2, -0.15) is 0 Å². The number of thioether (sulfide) groups is 1. The molecule has 182 valence electrons. The maximum Gasteiger partial charge on any atom is 0.260 e. The first-order valence-corrected chi connectivity index (χ1v) is 13.8. The summed E-state index contributed by atoms with van der Waals surface area (Å²) in [5, 5.41) is 13.0. The van der Waals surface area contributed by atoms with E-state index in [4.69, 9.17) is 16.6 Å². The molecule has 6 aromatic rings. The number of thiophene rings is 1. The highest BCUT2D eigenvalue weighted by Crippen LogP contribution is 2.32. The number of fused-ring (bicyclic) bond motifs is 1. The van der Waals surface area contributed by atoms with Crippen LogP contribution in [0.1, 0.15) is 11.4 Å². The van der Waals surface area contributed by atoms with E-state index in [9.17, 15) is 4.79 Å². The minimum Gasteiger partial charge on any atom is -0.309 e. The predicted molar refractivity (Wildman–Crippen MR) is 152 cm³/mol. The van der Waals surface area contributed by atoms with Gasteiger partial charge in [0.1, 0.15) is 10.7 Å². The first kappa shape index (κ1) is 23.7. The van der Waals surface area contributed by atoms with Crippen LogP contribution in [-0.4, -0.2) is 24.7 Å². The molecule has 0 amide bonds. The number of aromatic nitrogens is 5. The Labute approximate surface area is 226 Å². The quantitative estimate of drug-likeness (QED) is 0.226. The van der Waals surface area contributed by atoms with Crippen molar-refractivity contribution in [2.45, 2.75) is 17.8 Å². The number of nitrogens with zero attached hydrogens (tertiary/aromatic N) is 4. The molecular weight excluding hydrogens is 522 g/mol. The van der Waals surface area contributed by atoms with E-state index in [0.29, 0.717) is 33.0 Å². The third-order valence-corrected chi connectivity index (χ3v) is 8.01. The summed E-state index contributed by atoms with van der Waals surface area (Å²) in [6.07, 6.45) is 0. The van der Waals surface area contributed by atoms with Gasteiger partial charge in [-0.1, -0.05) is 71.4 Å². The Kier molecular flexibility index (Phi) is 6.38. The summed E-state index contributed by atoms with van der Waals surface area (Å²) in [7, 11) is 0. The zero-order valence-electron chi connectivity index (χ0n) is 19.7. The Hall–Kier alpha value is -3.72. The molecule has 0 aliphatic rings. The van der Waals surface area contributed by atoms with Crippen molar-refractivity contribution >= 4 is 44.9 Å². The van der Waals surface area contributed by atoms with Crippen molar-refractivity contribution in [3.8, 4) is 28.2 Å². The molecular formula is C28H20ClN5OS2. The average molecular weight is 542 g/mol. The number of H-pyrrole nitrogens is 1. The molecule has 0 unspecified atom stereocenters. The smallest absolute Gasteiger partial charge is 0.260 e. The van der Waals surface area contributed by atoms with Crippen LogP contribution in [0.5, 0.6) is 0 Å². The highest BCUT2D eigenvalue weighted by atomic mass is 35.5. The molecule has 3 heterocycles. The summed E-state index contributed by atoms with van der Waals surface area (Å²) in [6.45, 7) is 2.05. The van der Waals surface area contributed by atoms with Gasteiger partial charge < -0.3 is 4.98 Å². The number of benzene rings is 3. The Morgan fingerprint density at radius 2 is 1.70 bits per heavy atom. The Bertz CT molecular complexity index is 1760. The van der Waals surface area contributed by atoms with E-state index in [-0.39, 0.29) is 5.56 Å². The predicted octanol–water partition coefficient (Wildman–Crippen LogP) is 7.15. The van der Waals surface area contributed by atoms with Crippen LogP contribution < -0.4 is 5.56 Å². The van der Waals surface area contributed by atoms with Crippen LogP contribution in [0.2, 0.25) is 5.02 Å². The minimum absolute atomic E-state index is 0.137. The van der Waals surface area contributed by atoms with Crippen LogP contribution >= 0.6 is 34.7 Å². The maximum atomic E-state index is 13.1. The number of halogens is 1. The number of hydrogen-bond acceptors (Lipinski definition) is 6. The average Bonchev–Trinajstić information content (AvgIpc) is 3.54. The normalized spacial score (nSPS) is 11.3. The van der Waals surface area contributed by atoms with E-state index >= 15 is 0 Å². The van der Waals surface area contributed by atoms with E-state index in [2.05, 4.69) is 34.2 Å². The lowest BCUT2D eigenvalue weighted by Crippen LogP contribution is -2.11. The van der Waals surface area contributed by atoms with Crippen LogP contribution in [0.25, 0.3) is 38.4 Å². The SMILES string of the molecule is Cc1ccc(-n2c(SCc3nc4scc(-c5ccccc5)c4c(=O)[nH]3)nnc2-c2ccc(Cl)cc2)cc1. The van der Waals surface area contributed by atoms with Crippen molar-refractivity contribution in [3.63, 3.8) is 0 Å². The van der Waals surface area contributed by atoms with Gasteiger partial charge in [0, 0.05) is 27.2 Å². The van der Waals surface area contributed by atoms with Crippen molar-refractivity contribution < 1.29 is 0 Å². The summed E-state index contributed by atoms with van der Waals surface area (Å²) < 4.78 is 2.02. The fourth-order valence-electron chi connectivity index (χ4n) is 4.10. The zero-order chi connectivity index (χ0) is 25.4. The van der Waals surface area contributed by atoms with Crippen molar-refractivity contribution in [3.05, 3.63) is 111 Å². The second-order valence-electron chi connectivity index (χ2n) is 8.48. The molecule has 0 spiro atoms. The first-order valence-electron chi connectivity index (χ1n) is 11.5. The number of aryl methyl sites for hydroxylation is 1. The van der Waals surface area contributed by atoms with Gasteiger partial charge in [0.15, 0.2) is 11.0 Å². The van der Waals surface area contributed by atoms with Crippen LogP contribution in [0.3, 0.4) is 0 Å². The van der Waals surface area contributed by atoms with Gasteiger partial charge >= 0.3 is 0 Å². The summed E-state index contributed by atoms with van der Waals surface area (Å²) in [6, 6.07) is 25.6. The highest BCUT2D eigenvalue weighted by Gasteiger charge is 2.18. The molecule has 0 bridgehead atoms. The standard InChI is InChI=1S/C28H20ClN5OS2/c1-17-7-13-21(14-8-17)34-25(19-9-11-20(29)12-10-19)32-33-28(34)37-16-23-30-26(35)24-22(15-36-27(24)31-23)18-5-3-2-4-6-18/h2-15H,16H2,1H3,(H,30,31,35). The van der Waals surface area contributed by atoms with Crippen molar-refractivity contribution in [1.82, 2.24) is 24.7 Å². The van der Waals surface area contributed by atoms with Crippen molar-refractivity contribution in [1.29, 1.82) is 0 Å². The fraction of sp³-hybridized carbons (Fsp3) is 0.0714. The van der Waals surface area contributed by atoms with Gasteiger partial charge in [-0.3, -0.25) is 9.36 Å². The molecule has 0 fully saturated rings. The van der Waals surface area contributed by atoms with E-state index in [0.717, 1.165) is 27.2 Å². The number of hydrogen-bond donors (Lipinski definition) is 1. The van der Waals surface area contributed by atoms with E-state index in [1.54, 1.807) is 0 Å². The second-order valence-corrected chi connectivity index (χ2v) is 10.7. The molecule has 9 heteroatoms. The molecule has 0 aliphatic heterocycles. The van der Waals surface area contributed by atoms with Crippen LogP contribution in [0.4, 0.5) is 0 Å². The molecule has 0 saturated carbocycles. The van der Waals surface area contributed by atoms with Crippen molar-refractivity contribution in [2.24, 2.45) is 0 Å². The van der Waals surface area contributed by atoms with Crippen LogP contribution in [0, 0.1) is 6.92 Å². The van der Waals surface area contributed by atoms with Crippen molar-refractivity contribution in [2.75, 3.05) is 0 Å². The van der Waals surface area contributed by atoms with Gasteiger partial charge in [0.25, 0.3) is 5.56 Å². The van der Waals surface area contributed by atoms with Gasteiger partial charge in [-0.15, -0.1) is 21.5 Å². The fourth-order valence-corrected chi connectivity index (χ4v) is 6.02. The molecule has 0 radical (unpaired) electrons. The van der Waals surface area contributed by atoms with E-state index < -0.39 is 0 Å². The lowest BCUT2D eigenvalue weighted by atomic mass is 10.1. The highest BCUT2D eigenvalue weighted by molar-refractivity contribution is 7.98. The molecule has 0 atom stereocenters. The number of rotatable bonds is 6. The summed E-state index contributed by atoms with van der Waals surface area (Å²) in [4.78, 5) is 21.5. The second kappa shape index (κ2) is 9.97. The molecule has 0 saturated heterocycles. The molecule has 3 aromatic carbocycles. The zero-order valence-corrected chi connectivity index (χ0v) is 22.1. The summed E-state index contributed by atoms with van der Waals surface area (Å²) in [5.41, 5.74) is 4.79. The summed E-state index contributed by atoms with van der Waals surface area (Å²) in [5.74, 6) is 1.75. The maximum absolute atomic E-state index is 13.1. The van der Waals surface area contributed by atoms with Gasteiger partial charge in [-0.25, -0.2) is 4.98 Å². The molecule has 6 rings (SSSR count). The number of aromatic amines is 1. The lowest BCUT2D eigenvalue weighted by molar-refractivity contribution is 0.883. The third kappa shape index (κ3) is 4.71. The largest absolute Gasteiger partial charge is 0.309 e. The van der Waals surface area contributed by atoms with Crippen LogP contribution in [-0.2, 0) is 5.75 Å². The molecule has 3 aromatic heterocycles. The third-order valence-electron chi connectivity index (χ3n) is 5.94. The molecule has 0 aliphatic carbocycles. The lowest BCUT2D eigenvalue weighted by Gasteiger charge is -2.11. The molecule has 6 nitrogen and oxygen atoms in total. The minimum atomic E-state index is -0.137. The Morgan fingerprint density at radius 1 is 0.946 bits per heavy atom. The number of nitrogens with one attached hydrogen (secondary N) is 1. The van der Waals surface area contributed by atoms with Crippen LogP contribution in [0.15, 0.2) is 94.2 Å². The van der Waals surface area contributed by atoms with Gasteiger partial charge in [0.05, 0.1) is 11.1 Å². The van der Waals surface area contributed by atoms with Gasteiger partial charge in [-0.05, 0) is 48.9 Å². The topological polar surface area (TPSA) is 76.5 Å². The first-order chi connectivity index (χ1) is 18.1. The van der Waals surface area contributed by atoms with Gasteiger partial charge in [0.2, 0.25) is 0 Å². The Balaban J connectivity index is 1.35. The molecule has 1 N–H and O–H groups in total. The van der Waals surface area contributed by atoms with E-state index in [1.165, 1.54) is 28.7 Å². The van der Waals surface area contributed by atoms with E-state index in [1.807, 2.05) is 76.7 Å². The molecule has 37 heavy (non-hydrogen) atoms. The summed E-state index contributed by atoms with van der Waals surface area (Å²) >= 11 is 9.06. The Morgan fingerprint density at radius 3 is 2.46 bits per heavy atom. The monoisotopic (exact) mass is 541 g/mol.